The smallest absolute Gasteiger partial charge is 0.269 e. The van der Waals surface area contributed by atoms with Crippen molar-refractivity contribution in [3.8, 4) is 0 Å². The van der Waals surface area contributed by atoms with Crippen LogP contribution in [0.25, 0.3) is 0 Å². The van der Waals surface area contributed by atoms with Crippen molar-refractivity contribution in [1.29, 1.82) is 0 Å². The van der Waals surface area contributed by atoms with Gasteiger partial charge in [-0.1, -0.05) is 13.8 Å². The van der Waals surface area contributed by atoms with Gasteiger partial charge in [-0.3, -0.25) is 9.48 Å². The molecule has 0 aromatic carbocycles. The minimum atomic E-state index is -0.333. The molecule has 0 bridgehead atoms. The second-order valence-electron chi connectivity index (χ2n) is 5.59. The number of aromatic nitrogens is 2. The number of aliphatic hydroxyl groups is 1. The van der Waals surface area contributed by atoms with Crippen molar-refractivity contribution in [2.75, 3.05) is 0 Å². The summed E-state index contributed by atoms with van der Waals surface area (Å²) in [5.74, 6) is -0.109. The number of hydrogen-bond acceptors (Lipinski definition) is 3. The van der Waals surface area contributed by atoms with Crippen LogP contribution in [0.15, 0.2) is 6.07 Å². The molecule has 1 aromatic rings. The van der Waals surface area contributed by atoms with E-state index in [1.807, 2.05) is 27.7 Å². The normalized spacial score (nSPS) is 25.6. The molecule has 1 fully saturated rings. The Hall–Kier alpha value is -1.36. The first-order valence-corrected chi connectivity index (χ1v) is 6.39. The third-order valence-electron chi connectivity index (χ3n) is 3.96. The minimum absolute atomic E-state index is 0.0283. The van der Waals surface area contributed by atoms with Gasteiger partial charge in [0, 0.05) is 18.0 Å². The van der Waals surface area contributed by atoms with Crippen LogP contribution in [0.1, 0.15) is 43.4 Å². The van der Waals surface area contributed by atoms with Gasteiger partial charge in [0.05, 0.1) is 11.8 Å². The fourth-order valence-corrected chi connectivity index (χ4v) is 2.35. The van der Waals surface area contributed by atoms with Crippen LogP contribution in [0.4, 0.5) is 0 Å². The van der Waals surface area contributed by atoms with E-state index in [9.17, 15) is 9.90 Å². The number of rotatable bonds is 3. The zero-order chi connectivity index (χ0) is 13.5. The van der Waals surface area contributed by atoms with Gasteiger partial charge in [0.15, 0.2) is 0 Å². The Labute approximate surface area is 107 Å². The van der Waals surface area contributed by atoms with E-state index in [0.29, 0.717) is 18.7 Å². The zero-order valence-corrected chi connectivity index (χ0v) is 11.4. The maximum Gasteiger partial charge on any atom is 0.269 e. The molecule has 5 heteroatoms. The molecule has 2 rings (SSSR count). The van der Waals surface area contributed by atoms with Crippen LogP contribution in [0, 0.1) is 12.3 Å². The monoisotopic (exact) mass is 251 g/mol. The summed E-state index contributed by atoms with van der Waals surface area (Å²) >= 11 is 0. The zero-order valence-electron chi connectivity index (χ0n) is 11.4. The summed E-state index contributed by atoms with van der Waals surface area (Å²) in [5.41, 5.74) is 1.18. The quantitative estimate of drug-likeness (QED) is 0.845. The molecular formula is C13H21N3O2. The molecule has 18 heavy (non-hydrogen) atoms. The largest absolute Gasteiger partial charge is 0.392 e. The van der Waals surface area contributed by atoms with Gasteiger partial charge in [-0.05, 0) is 26.3 Å². The van der Waals surface area contributed by atoms with Gasteiger partial charge in [0.25, 0.3) is 5.91 Å². The second kappa shape index (κ2) is 4.39. The van der Waals surface area contributed by atoms with Crippen molar-refractivity contribution in [1.82, 2.24) is 15.1 Å². The molecular weight excluding hydrogens is 230 g/mol. The molecule has 100 valence electrons. The van der Waals surface area contributed by atoms with Crippen LogP contribution in [0.2, 0.25) is 0 Å². The molecule has 1 aromatic heterocycles. The number of nitrogens with zero attached hydrogens (tertiary/aromatic N) is 2. The van der Waals surface area contributed by atoms with Crippen molar-refractivity contribution < 1.29 is 9.90 Å². The molecule has 0 aliphatic heterocycles. The number of carbonyl (C=O) groups is 1. The van der Waals surface area contributed by atoms with Crippen LogP contribution in [0.5, 0.6) is 0 Å². The van der Waals surface area contributed by atoms with Gasteiger partial charge < -0.3 is 10.4 Å². The Kier molecular flexibility index (Phi) is 3.19. The average Bonchev–Trinajstić information content (AvgIpc) is 2.70. The summed E-state index contributed by atoms with van der Waals surface area (Å²) in [7, 11) is 0. The molecule has 5 nitrogen and oxygen atoms in total. The van der Waals surface area contributed by atoms with Crippen LogP contribution < -0.4 is 5.32 Å². The summed E-state index contributed by atoms with van der Waals surface area (Å²) in [5, 5.41) is 16.9. The van der Waals surface area contributed by atoms with Gasteiger partial charge in [-0.25, -0.2) is 0 Å². The van der Waals surface area contributed by atoms with Gasteiger partial charge in [0.2, 0.25) is 0 Å². The predicted molar refractivity (Wildman–Crippen MR) is 68.3 cm³/mol. The number of aryl methyl sites for hydroxylation is 2. The molecule has 2 atom stereocenters. The fraction of sp³-hybridized carbons (Fsp3) is 0.692. The number of amides is 1. The first-order chi connectivity index (χ1) is 8.36. The molecule has 0 saturated heterocycles. The Morgan fingerprint density at radius 3 is 2.83 bits per heavy atom. The lowest BCUT2D eigenvalue weighted by Gasteiger charge is -2.49. The fourth-order valence-electron chi connectivity index (χ4n) is 2.35. The second-order valence-corrected chi connectivity index (χ2v) is 5.59. The van der Waals surface area contributed by atoms with Gasteiger partial charge >= 0.3 is 0 Å². The average molecular weight is 251 g/mol. The van der Waals surface area contributed by atoms with Crippen LogP contribution in [0.3, 0.4) is 0 Å². The summed E-state index contributed by atoms with van der Waals surface area (Å²) in [6.07, 6.45) is 0.290. The van der Waals surface area contributed by atoms with E-state index in [1.54, 1.807) is 10.7 Å². The third kappa shape index (κ3) is 2.03. The Balaban J connectivity index is 2.09. The Morgan fingerprint density at radius 1 is 1.67 bits per heavy atom. The van der Waals surface area contributed by atoms with Crippen molar-refractivity contribution >= 4 is 5.91 Å². The maximum atomic E-state index is 12.2. The SMILES string of the molecule is CCn1nc(C)cc1C(=O)NC1CC(O)C1(C)C. The highest BCUT2D eigenvalue weighted by Crippen LogP contribution is 2.40. The highest BCUT2D eigenvalue weighted by molar-refractivity contribution is 5.93. The van der Waals surface area contributed by atoms with Gasteiger partial charge in [0.1, 0.15) is 5.69 Å². The Morgan fingerprint density at radius 2 is 2.33 bits per heavy atom. The third-order valence-corrected chi connectivity index (χ3v) is 3.96. The number of carbonyl (C=O) groups excluding carboxylic acids is 1. The van der Waals surface area contributed by atoms with E-state index in [-0.39, 0.29) is 23.5 Å². The maximum absolute atomic E-state index is 12.2. The molecule has 1 saturated carbocycles. The first-order valence-electron chi connectivity index (χ1n) is 6.39. The van der Waals surface area contributed by atoms with E-state index in [2.05, 4.69) is 10.4 Å². The van der Waals surface area contributed by atoms with Crippen LogP contribution >= 0.6 is 0 Å². The molecule has 1 aliphatic rings. The van der Waals surface area contributed by atoms with E-state index < -0.39 is 0 Å². The van der Waals surface area contributed by atoms with E-state index in [1.165, 1.54) is 0 Å². The molecule has 1 heterocycles. The number of nitrogens with one attached hydrogen (secondary N) is 1. The Bertz CT molecular complexity index is 465. The summed E-state index contributed by atoms with van der Waals surface area (Å²) in [6, 6.07) is 1.82. The van der Waals surface area contributed by atoms with Crippen molar-refractivity contribution in [3.63, 3.8) is 0 Å². The topological polar surface area (TPSA) is 67.2 Å². The summed E-state index contributed by atoms with van der Waals surface area (Å²) < 4.78 is 1.70. The number of hydrogen-bond donors (Lipinski definition) is 2. The lowest BCUT2D eigenvalue weighted by atomic mass is 9.64. The molecule has 0 radical (unpaired) electrons. The molecule has 1 amide bonds. The number of aliphatic hydroxyl groups excluding tert-OH is 1. The minimum Gasteiger partial charge on any atom is -0.392 e. The molecule has 2 unspecified atom stereocenters. The van der Waals surface area contributed by atoms with Gasteiger partial charge in [-0.15, -0.1) is 0 Å². The highest BCUT2D eigenvalue weighted by Gasteiger charge is 2.48. The molecule has 0 spiro atoms. The van der Waals surface area contributed by atoms with E-state index in [4.69, 9.17) is 0 Å². The van der Waals surface area contributed by atoms with Crippen LogP contribution in [-0.4, -0.2) is 32.9 Å². The first kappa shape index (κ1) is 13.1. The van der Waals surface area contributed by atoms with Crippen molar-refractivity contribution in [3.05, 3.63) is 17.5 Å². The van der Waals surface area contributed by atoms with E-state index >= 15 is 0 Å². The predicted octanol–water partition coefficient (Wildman–Crippen LogP) is 1.10. The highest BCUT2D eigenvalue weighted by atomic mass is 16.3. The van der Waals surface area contributed by atoms with Crippen molar-refractivity contribution in [2.24, 2.45) is 5.41 Å². The lowest BCUT2D eigenvalue weighted by molar-refractivity contribution is -0.0690. The molecule has 2 N–H and O–H groups in total. The lowest BCUT2D eigenvalue weighted by Crippen LogP contribution is -2.61. The standard InChI is InChI=1S/C13H21N3O2/c1-5-16-9(6-8(2)15-16)12(18)14-10-7-11(17)13(10,3)4/h6,10-11,17H,5,7H2,1-4H3,(H,14,18). The van der Waals surface area contributed by atoms with Crippen LogP contribution in [-0.2, 0) is 6.54 Å². The summed E-state index contributed by atoms with van der Waals surface area (Å²) in [6.45, 7) is 8.44. The van der Waals surface area contributed by atoms with E-state index in [0.717, 1.165) is 5.69 Å². The molecule has 1 aliphatic carbocycles. The summed E-state index contributed by atoms with van der Waals surface area (Å²) in [4.78, 5) is 12.2. The van der Waals surface area contributed by atoms with Crippen molar-refractivity contribution in [2.45, 2.75) is 52.8 Å². The van der Waals surface area contributed by atoms with Gasteiger partial charge in [-0.2, -0.15) is 5.10 Å².